The molecule has 0 aromatic carbocycles. The molecule has 0 aliphatic carbocycles. The Labute approximate surface area is 61.3 Å². The molecule has 0 heterocycles. The Morgan fingerprint density at radius 2 is 2.33 bits per heavy atom. The molecule has 0 saturated carbocycles. The van der Waals surface area contributed by atoms with Gasteiger partial charge in [0.1, 0.15) is 6.61 Å². The van der Waals surface area contributed by atoms with Crippen molar-refractivity contribution < 1.29 is 9.53 Å². The third-order valence-electron chi connectivity index (χ3n) is 0.651. The van der Waals surface area contributed by atoms with Crippen molar-refractivity contribution in [3.8, 4) is 0 Å². The van der Waals surface area contributed by atoms with Gasteiger partial charge in [-0.2, -0.15) is 0 Å². The molecule has 54 valence electrons. The largest absolute Gasteiger partial charge is 0.461 e. The zero-order valence-corrected chi connectivity index (χ0v) is 6.24. The van der Waals surface area contributed by atoms with Crippen LogP contribution >= 0.6 is 12.4 Å². The highest BCUT2D eigenvalue weighted by Crippen LogP contribution is 1.82. The highest BCUT2D eigenvalue weighted by molar-refractivity contribution is 5.85. The Bertz CT molecular complexity index is 91.1. The van der Waals surface area contributed by atoms with Gasteiger partial charge in [0.15, 0.2) is 0 Å². The van der Waals surface area contributed by atoms with E-state index in [1.807, 2.05) is 0 Å². The third-order valence-corrected chi connectivity index (χ3v) is 0.651. The molecule has 0 rings (SSSR count). The minimum Gasteiger partial charge on any atom is -0.461 e. The predicted molar refractivity (Wildman–Crippen MR) is 38.7 cm³/mol. The van der Waals surface area contributed by atoms with Crippen LogP contribution < -0.4 is 0 Å². The van der Waals surface area contributed by atoms with Crippen LogP contribution in [0.15, 0.2) is 12.7 Å². The zero-order chi connectivity index (χ0) is 6.41. The molecule has 0 amide bonds. The standard InChI is InChI=1S/C6H10O2.ClH/c1-3-5-8-6(7)4-2;/h3H,1,4-5H2,2H3;1H. The Hall–Kier alpha value is -0.500. The van der Waals surface area contributed by atoms with E-state index in [4.69, 9.17) is 0 Å². The van der Waals surface area contributed by atoms with Gasteiger partial charge in [0.05, 0.1) is 0 Å². The molecule has 0 atom stereocenters. The number of carbonyl (C=O) groups excluding carboxylic acids is 1. The van der Waals surface area contributed by atoms with Crippen molar-refractivity contribution in [3.05, 3.63) is 12.7 Å². The monoisotopic (exact) mass is 150 g/mol. The summed E-state index contributed by atoms with van der Waals surface area (Å²) in [6.45, 7) is 5.47. The van der Waals surface area contributed by atoms with Crippen LogP contribution in [-0.4, -0.2) is 12.6 Å². The van der Waals surface area contributed by atoms with Gasteiger partial charge in [-0.25, -0.2) is 0 Å². The van der Waals surface area contributed by atoms with Crippen molar-refractivity contribution in [2.45, 2.75) is 13.3 Å². The highest BCUT2D eigenvalue weighted by atomic mass is 35.5. The van der Waals surface area contributed by atoms with Crippen molar-refractivity contribution >= 4 is 18.4 Å². The van der Waals surface area contributed by atoms with Crippen molar-refractivity contribution in [2.75, 3.05) is 6.61 Å². The molecule has 0 fully saturated rings. The lowest BCUT2D eigenvalue weighted by molar-refractivity contribution is -0.141. The van der Waals surface area contributed by atoms with E-state index >= 15 is 0 Å². The first-order chi connectivity index (χ1) is 3.81. The molecular weight excluding hydrogens is 140 g/mol. The maximum Gasteiger partial charge on any atom is 0.305 e. The zero-order valence-electron chi connectivity index (χ0n) is 5.42. The maximum absolute atomic E-state index is 10.3. The average molecular weight is 151 g/mol. The van der Waals surface area contributed by atoms with E-state index in [2.05, 4.69) is 11.3 Å². The van der Waals surface area contributed by atoms with Crippen molar-refractivity contribution in [2.24, 2.45) is 0 Å². The number of ether oxygens (including phenoxy) is 1. The molecule has 0 aromatic rings. The molecule has 3 heteroatoms. The SMILES string of the molecule is C=CCOC(=O)CC.Cl. The Morgan fingerprint density at radius 1 is 1.78 bits per heavy atom. The number of hydrogen-bond acceptors (Lipinski definition) is 2. The molecular formula is C6H11ClO2. The smallest absolute Gasteiger partial charge is 0.305 e. The fraction of sp³-hybridized carbons (Fsp3) is 0.500. The average Bonchev–Trinajstić information content (AvgIpc) is 1.83. The van der Waals surface area contributed by atoms with Gasteiger partial charge in [0, 0.05) is 6.42 Å². The van der Waals surface area contributed by atoms with Gasteiger partial charge in [-0.3, -0.25) is 4.79 Å². The molecule has 0 saturated heterocycles. The molecule has 9 heavy (non-hydrogen) atoms. The topological polar surface area (TPSA) is 26.3 Å². The molecule has 0 aliphatic heterocycles. The fourth-order valence-corrected chi connectivity index (χ4v) is 0.254. The van der Waals surface area contributed by atoms with Gasteiger partial charge in [-0.15, -0.1) is 12.4 Å². The molecule has 0 aliphatic rings. The molecule has 0 unspecified atom stereocenters. The molecule has 0 aromatic heterocycles. The minimum absolute atomic E-state index is 0. The summed E-state index contributed by atoms with van der Waals surface area (Å²) in [7, 11) is 0. The summed E-state index contributed by atoms with van der Waals surface area (Å²) in [5.74, 6) is -0.176. The number of carbonyl (C=O) groups is 1. The van der Waals surface area contributed by atoms with Crippen LogP contribution in [0.25, 0.3) is 0 Å². The second kappa shape index (κ2) is 7.50. The number of esters is 1. The molecule has 2 nitrogen and oxygen atoms in total. The van der Waals surface area contributed by atoms with Crippen LogP contribution in [0.1, 0.15) is 13.3 Å². The molecule has 0 spiro atoms. The Morgan fingerprint density at radius 3 is 2.67 bits per heavy atom. The third kappa shape index (κ3) is 7.50. The number of hydrogen-bond donors (Lipinski definition) is 0. The summed E-state index contributed by atoms with van der Waals surface area (Å²) < 4.78 is 4.58. The quantitative estimate of drug-likeness (QED) is 0.451. The lowest BCUT2D eigenvalue weighted by atomic mass is 10.5. The van der Waals surface area contributed by atoms with E-state index < -0.39 is 0 Å². The van der Waals surface area contributed by atoms with E-state index in [0.717, 1.165) is 0 Å². The maximum atomic E-state index is 10.3. The predicted octanol–water partition coefficient (Wildman–Crippen LogP) is 1.55. The van der Waals surface area contributed by atoms with E-state index in [1.165, 1.54) is 0 Å². The van der Waals surface area contributed by atoms with Gasteiger partial charge in [0.2, 0.25) is 0 Å². The second-order valence-corrected chi connectivity index (χ2v) is 1.33. The summed E-state index contributed by atoms with van der Waals surface area (Å²) in [5, 5.41) is 0. The second-order valence-electron chi connectivity index (χ2n) is 1.33. The van der Waals surface area contributed by atoms with E-state index in [9.17, 15) is 4.79 Å². The van der Waals surface area contributed by atoms with Gasteiger partial charge in [0.25, 0.3) is 0 Å². The van der Waals surface area contributed by atoms with Crippen LogP contribution in [0.4, 0.5) is 0 Å². The van der Waals surface area contributed by atoms with Gasteiger partial charge >= 0.3 is 5.97 Å². The summed E-state index contributed by atoms with van der Waals surface area (Å²) in [4.78, 5) is 10.3. The number of rotatable bonds is 3. The Balaban J connectivity index is 0. The van der Waals surface area contributed by atoms with Gasteiger partial charge in [-0.1, -0.05) is 19.6 Å². The summed E-state index contributed by atoms with van der Waals surface area (Å²) in [6.07, 6.45) is 1.99. The normalized spacial score (nSPS) is 7.22. The molecule has 0 radical (unpaired) electrons. The van der Waals surface area contributed by atoms with Gasteiger partial charge in [-0.05, 0) is 0 Å². The van der Waals surface area contributed by atoms with Crippen molar-refractivity contribution in [3.63, 3.8) is 0 Å². The summed E-state index contributed by atoms with van der Waals surface area (Å²) in [6, 6.07) is 0. The van der Waals surface area contributed by atoms with Crippen LogP contribution in [-0.2, 0) is 9.53 Å². The van der Waals surface area contributed by atoms with Crippen LogP contribution in [0.2, 0.25) is 0 Å². The van der Waals surface area contributed by atoms with E-state index in [-0.39, 0.29) is 18.4 Å². The van der Waals surface area contributed by atoms with E-state index in [1.54, 1.807) is 13.0 Å². The first kappa shape index (κ1) is 11.3. The van der Waals surface area contributed by atoms with E-state index in [0.29, 0.717) is 13.0 Å². The lowest BCUT2D eigenvalue weighted by Gasteiger charge is -1.94. The first-order valence-electron chi connectivity index (χ1n) is 2.57. The lowest BCUT2D eigenvalue weighted by Crippen LogP contribution is -2.00. The fourth-order valence-electron chi connectivity index (χ4n) is 0.254. The van der Waals surface area contributed by atoms with Crippen LogP contribution in [0.5, 0.6) is 0 Å². The van der Waals surface area contributed by atoms with Gasteiger partial charge < -0.3 is 4.74 Å². The van der Waals surface area contributed by atoms with Crippen molar-refractivity contribution in [1.82, 2.24) is 0 Å². The van der Waals surface area contributed by atoms with Crippen LogP contribution in [0.3, 0.4) is 0 Å². The summed E-state index contributed by atoms with van der Waals surface area (Å²) >= 11 is 0. The summed E-state index contributed by atoms with van der Waals surface area (Å²) in [5.41, 5.74) is 0. The van der Waals surface area contributed by atoms with Crippen molar-refractivity contribution in [1.29, 1.82) is 0 Å². The first-order valence-corrected chi connectivity index (χ1v) is 2.57. The highest BCUT2D eigenvalue weighted by Gasteiger charge is 1.92. The number of halogens is 1. The Kier molecular flexibility index (Phi) is 9.43. The minimum atomic E-state index is -0.176. The molecule has 0 bridgehead atoms. The van der Waals surface area contributed by atoms with Crippen LogP contribution in [0, 0.1) is 0 Å². The molecule has 0 N–H and O–H groups in total.